The van der Waals surface area contributed by atoms with Crippen molar-refractivity contribution in [3.05, 3.63) is 58.7 Å². The highest BCUT2D eigenvalue weighted by molar-refractivity contribution is 5.93. The standard InChI is InChI=1S/C18H17F4NO2/c1-3-10-6-5-7-11(4-2)17(10)23-14(24)9-25-18-15(21)12(19)8-13(20)16(18)22/h5-8H,3-4,9H2,1-2H3,(H,23,24). The minimum Gasteiger partial charge on any atom is -0.477 e. The highest BCUT2D eigenvalue weighted by Gasteiger charge is 2.21. The van der Waals surface area contributed by atoms with E-state index in [1.807, 2.05) is 32.0 Å². The third-order valence-corrected chi connectivity index (χ3v) is 3.68. The van der Waals surface area contributed by atoms with E-state index in [0.717, 1.165) is 11.1 Å². The van der Waals surface area contributed by atoms with Crippen LogP contribution in [0.4, 0.5) is 23.2 Å². The zero-order valence-corrected chi connectivity index (χ0v) is 13.8. The molecule has 0 fully saturated rings. The van der Waals surface area contributed by atoms with Gasteiger partial charge in [-0.15, -0.1) is 0 Å². The van der Waals surface area contributed by atoms with E-state index < -0.39 is 41.5 Å². The van der Waals surface area contributed by atoms with Crippen LogP contribution < -0.4 is 10.1 Å². The molecule has 1 N–H and O–H groups in total. The maximum atomic E-state index is 13.5. The molecular formula is C18H17F4NO2. The first-order valence-electron chi connectivity index (χ1n) is 7.75. The van der Waals surface area contributed by atoms with Gasteiger partial charge in [0.1, 0.15) is 0 Å². The smallest absolute Gasteiger partial charge is 0.262 e. The van der Waals surface area contributed by atoms with E-state index in [2.05, 4.69) is 10.1 Å². The minimum atomic E-state index is -1.69. The first-order chi connectivity index (χ1) is 11.9. The first-order valence-corrected chi connectivity index (χ1v) is 7.75. The molecule has 0 spiro atoms. The average Bonchev–Trinajstić information content (AvgIpc) is 2.60. The number of nitrogens with one attached hydrogen (secondary N) is 1. The van der Waals surface area contributed by atoms with Crippen LogP contribution in [0.25, 0.3) is 0 Å². The molecule has 2 rings (SSSR count). The number of benzene rings is 2. The summed E-state index contributed by atoms with van der Waals surface area (Å²) >= 11 is 0. The molecule has 0 aliphatic heterocycles. The molecule has 25 heavy (non-hydrogen) atoms. The second-order valence-electron chi connectivity index (χ2n) is 5.29. The minimum absolute atomic E-state index is 0.0720. The molecule has 134 valence electrons. The molecule has 2 aromatic carbocycles. The summed E-state index contributed by atoms with van der Waals surface area (Å²) in [6.45, 7) is 3.04. The molecule has 0 aromatic heterocycles. The summed E-state index contributed by atoms with van der Waals surface area (Å²) in [4.78, 5) is 12.0. The number of rotatable bonds is 6. The first kappa shape index (κ1) is 18.8. The quantitative estimate of drug-likeness (QED) is 0.617. The third-order valence-electron chi connectivity index (χ3n) is 3.68. The Morgan fingerprint density at radius 2 is 1.52 bits per heavy atom. The zero-order chi connectivity index (χ0) is 18.6. The van der Waals surface area contributed by atoms with E-state index in [0.29, 0.717) is 18.5 Å². The van der Waals surface area contributed by atoms with Gasteiger partial charge in [-0.1, -0.05) is 32.0 Å². The van der Waals surface area contributed by atoms with Gasteiger partial charge in [0.05, 0.1) is 0 Å². The molecule has 0 heterocycles. The van der Waals surface area contributed by atoms with Gasteiger partial charge in [0, 0.05) is 11.8 Å². The van der Waals surface area contributed by atoms with Crippen molar-refractivity contribution in [1.82, 2.24) is 0 Å². The number of anilines is 1. The van der Waals surface area contributed by atoms with Crippen molar-refractivity contribution >= 4 is 11.6 Å². The molecular weight excluding hydrogens is 338 g/mol. The molecule has 2 aromatic rings. The van der Waals surface area contributed by atoms with Crippen molar-refractivity contribution in [2.24, 2.45) is 0 Å². The van der Waals surface area contributed by atoms with Gasteiger partial charge in [0.2, 0.25) is 11.6 Å². The summed E-state index contributed by atoms with van der Waals surface area (Å²) < 4.78 is 58.0. The summed E-state index contributed by atoms with van der Waals surface area (Å²) in [5, 5.41) is 2.62. The van der Waals surface area contributed by atoms with Gasteiger partial charge in [0.15, 0.2) is 24.0 Å². The summed E-state index contributed by atoms with van der Waals surface area (Å²) in [5.41, 5.74) is 2.39. The molecule has 0 bridgehead atoms. The predicted octanol–water partition coefficient (Wildman–Crippen LogP) is 4.39. The van der Waals surface area contributed by atoms with Crippen LogP contribution in [0.3, 0.4) is 0 Å². The second kappa shape index (κ2) is 8.00. The van der Waals surface area contributed by atoms with Crippen molar-refractivity contribution in [2.45, 2.75) is 26.7 Å². The molecule has 3 nitrogen and oxygen atoms in total. The topological polar surface area (TPSA) is 38.3 Å². The van der Waals surface area contributed by atoms with Gasteiger partial charge in [-0.05, 0) is 24.0 Å². The number of carbonyl (C=O) groups excluding carboxylic acids is 1. The number of halogens is 4. The summed E-state index contributed by atoms with van der Waals surface area (Å²) in [5.74, 6) is -8.52. The Labute approximate surface area is 142 Å². The SMILES string of the molecule is CCc1cccc(CC)c1NC(=O)COc1c(F)c(F)cc(F)c1F. The second-order valence-corrected chi connectivity index (χ2v) is 5.29. The molecule has 0 aliphatic carbocycles. The van der Waals surface area contributed by atoms with Crippen LogP contribution in [0.1, 0.15) is 25.0 Å². The monoisotopic (exact) mass is 355 g/mol. The number of carbonyl (C=O) groups is 1. The summed E-state index contributed by atoms with van der Waals surface area (Å²) in [6, 6.07) is 5.63. The van der Waals surface area contributed by atoms with Gasteiger partial charge in [-0.25, -0.2) is 8.78 Å². The normalized spacial score (nSPS) is 10.6. The van der Waals surface area contributed by atoms with Gasteiger partial charge < -0.3 is 10.1 Å². The van der Waals surface area contributed by atoms with Crippen molar-refractivity contribution in [1.29, 1.82) is 0 Å². The third kappa shape index (κ3) is 4.10. The Bertz CT molecular complexity index is 745. The lowest BCUT2D eigenvalue weighted by Crippen LogP contribution is -2.22. The van der Waals surface area contributed by atoms with Crippen LogP contribution in [0.15, 0.2) is 24.3 Å². The maximum absolute atomic E-state index is 13.5. The van der Waals surface area contributed by atoms with E-state index in [4.69, 9.17) is 0 Å². The number of amides is 1. The Morgan fingerprint density at radius 1 is 1.00 bits per heavy atom. The van der Waals surface area contributed by atoms with E-state index in [9.17, 15) is 22.4 Å². The molecule has 0 radical (unpaired) electrons. The molecule has 0 unspecified atom stereocenters. The van der Waals surface area contributed by atoms with E-state index in [-0.39, 0.29) is 6.07 Å². The van der Waals surface area contributed by atoms with Crippen molar-refractivity contribution < 1.29 is 27.1 Å². The molecule has 0 atom stereocenters. The van der Waals surface area contributed by atoms with Crippen LogP contribution in [0.2, 0.25) is 0 Å². The van der Waals surface area contributed by atoms with Crippen LogP contribution in [0.5, 0.6) is 5.75 Å². The van der Waals surface area contributed by atoms with Gasteiger partial charge >= 0.3 is 0 Å². The molecule has 7 heteroatoms. The van der Waals surface area contributed by atoms with Crippen LogP contribution in [-0.2, 0) is 17.6 Å². The van der Waals surface area contributed by atoms with E-state index in [1.165, 1.54) is 0 Å². The van der Waals surface area contributed by atoms with Crippen molar-refractivity contribution in [3.8, 4) is 5.75 Å². The lowest BCUT2D eigenvalue weighted by molar-refractivity contribution is -0.118. The number of aryl methyl sites for hydroxylation is 2. The Hall–Kier alpha value is -2.57. The van der Waals surface area contributed by atoms with Crippen LogP contribution >= 0.6 is 0 Å². The Kier molecular flexibility index (Phi) is 6.01. The average molecular weight is 355 g/mol. The van der Waals surface area contributed by atoms with Crippen LogP contribution in [0, 0.1) is 23.3 Å². The molecule has 0 saturated carbocycles. The lowest BCUT2D eigenvalue weighted by Gasteiger charge is -2.15. The Balaban J connectivity index is 2.16. The fourth-order valence-electron chi connectivity index (χ4n) is 2.39. The number of hydrogen-bond donors (Lipinski definition) is 1. The maximum Gasteiger partial charge on any atom is 0.262 e. The number of hydrogen-bond acceptors (Lipinski definition) is 2. The summed E-state index contributed by atoms with van der Waals surface area (Å²) in [6.07, 6.45) is 1.34. The van der Waals surface area contributed by atoms with Gasteiger partial charge in [-0.3, -0.25) is 4.79 Å². The lowest BCUT2D eigenvalue weighted by atomic mass is 10.0. The zero-order valence-electron chi connectivity index (χ0n) is 13.8. The Morgan fingerprint density at radius 3 is 2.00 bits per heavy atom. The molecule has 0 saturated heterocycles. The number of para-hydroxylation sites is 1. The van der Waals surface area contributed by atoms with Gasteiger partial charge in [-0.2, -0.15) is 8.78 Å². The van der Waals surface area contributed by atoms with Crippen LogP contribution in [-0.4, -0.2) is 12.5 Å². The molecule has 1 amide bonds. The highest BCUT2D eigenvalue weighted by Crippen LogP contribution is 2.27. The fourth-order valence-corrected chi connectivity index (χ4v) is 2.39. The summed E-state index contributed by atoms with van der Waals surface area (Å²) in [7, 11) is 0. The van der Waals surface area contributed by atoms with E-state index in [1.54, 1.807) is 0 Å². The van der Waals surface area contributed by atoms with E-state index >= 15 is 0 Å². The van der Waals surface area contributed by atoms with Crippen molar-refractivity contribution in [3.63, 3.8) is 0 Å². The van der Waals surface area contributed by atoms with Crippen molar-refractivity contribution in [2.75, 3.05) is 11.9 Å². The highest BCUT2D eigenvalue weighted by atomic mass is 19.2. The van der Waals surface area contributed by atoms with Gasteiger partial charge in [0.25, 0.3) is 5.91 Å². The predicted molar refractivity (Wildman–Crippen MR) is 85.6 cm³/mol. The number of ether oxygens (including phenoxy) is 1. The largest absolute Gasteiger partial charge is 0.477 e. The fraction of sp³-hybridized carbons (Fsp3) is 0.278. The molecule has 0 aliphatic rings.